The van der Waals surface area contributed by atoms with Gasteiger partial charge in [-0.15, -0.1) is 0 Å². The molecule has 1 N–H and O–H groups in total. The van der Waals surface area contributed by atoms with Crippen LogP contribution in [0.15, 0.2) is 66.9 Å². The highest BCUT2D eigenvalue weighted by atomic mass is 16.5. The van der Waals surface area contributed by atoms with E-state index in [0.29, 0.717) is 28.6 Å². The predicted molar refractivity (Wildman–Crippen MR) is 107 cm³/mol. The number of nitrogens with one attached hydrogen (secondary N) is 1. The van der Waals surface area contributed by atoms with E-state index in [9.17, 15) is 4.79 Å². The number of carbonyl (C=O) groups excluding carboxylic acids is 1. The van der Waals surface area contributed by atoms with Gasteiger partial charge in [0.1, 0.15) is 17.6 Å². The molecule has 1 atom stereocenters. The van der Waals surface area contributed by atoms with Crippen molar-refractivity contribution in [2.75, 3.05) is 19.5 Å². The Hall–Kier alpha value is -3.54. The van der Waals surface area contributed by atoms with E-state index < -0.39 is 0 Å². The van der Waals surface area contributed by atoms with Gasteiger partial charge in [0.2, 0.25) is 5.88 Å². The number of ether oxygens (including phenoxy) is 3. The summed E-state index contributed by atoms with van der Waals surface area (Å²) in [4.78, 5) is 16.8. The fourth-order valence-corrected chi connectivity index (χ4v) is 2.69. The number of anilines is 1. The molecule has 1 unspecified atom stereocenters. The van der Waals surface area contributed by atoms with E-state index in [2.05, 4.69) is 10.3 Å². The summed E-state index contributed by atoms with van der Waals surface area (Å²) in [5.74, 6) is 1.38. The van der Waals surface area contributed by atoms with Gasteiger partial charge in [-0.2, -0.15) is 0 Å². The highest BCUT2D eigenvalue weighted by molar-refractivity contribution is 6.06. The number of amides is 1. The number of aromatic nitrogens is 1. The van der Waals surface area contributed by atoms with Gasteiger partial charge in [-0.1, -0.05) is 18.2 Å². The third kappa shape index (κ3) is 4.59. The molecule has 0 saturated carbocycles. The second-order valence-electron chi connectivity index (χ2n) is 6.07. The lowest BCUT2D eigenvalue weighted by atomic mass is 10.1. The minimum Gasteiger partial charge on any atom is -0.497 e. The second kappa shape index (κ2) is 8.90. The highest BCUT2D eigenvalue weighted by Crippen LogP contribution is 2.26. The molecule has 0 aliphatic heterocycles. The molecule has 0 aliphatic carbocycles. The summed E-state index contributed by atoms with van der Waals surface area (Å²) < 4.78 is 16.3. The molecule has 0 aliphatic rings. The van der Waals surface area contributed by atoms with Crippen LogP contribution in [0, 0.1) is 0 Å². The highest BCUT2D eigenvalue weighted by Gasteiger charge is 2.14. The molecule has 2 aromatic carbocycles. The van der Waals surface area contributed by atoms with Gasteiger partial charge in [0.05, 0.1) is 19.8 Å². The first-order valence-corrected chi connectivity index (χ1v) is 8.81. The fraction of sp³-hybridized carbons (Fsp3) is 0.182. The van der Waals surface area contributed by atoms with Gasteiger partial charge >= 0.3 is 0 Å². The number of carbonyl (C=O) groups is 1. The van der Waals surface area contributed by atoms with Crippen molar-refractivity contribution in [2.45, 2.75) is 13.0 Å². The second-order valence-corrected chi connectivity index (χ2v) is 6.07. The van der Waals surface area contributed by atoms with Crippen LogP contribution in [0.1, 0.15) is 28.9 Å². The van der Waals surface area contributed by atoms with Crippen LogP contribution in [0.3, 0.4) is 0 Å². The minimum atomic E-state index is -0.259. The van der Waals surface area contributed by atoms with Crippen molar-refractivity contribution in [1.82, 2.24) is 4.98 Å². The Morgan fingerprint density at radius 2 is 1.79 bits per heavy atom. The standard InChI is InChI=1S/C22H22N2O4/c1-15(28-21-6-4-5-13-23-21)16-7-9-17(10-8-16)24-22(25)19-12-11-18(26-2)14-20(19)27-3/h4-15H,1-3H3,(H,24,25). The summed E-state index contributed by atoms with van der Waals surface area (Å²) in [6, 6.07) is 18.1. The quantitative estimate of drug-likeness (QED) is 0.656. The molecule has 144 valence electrons. The number of methoxy groups -OCH3 is 2. The molecule has 1 amide bonds. The Bertz CT molecular complexity index is 927. The number of pyridine rings is 1. The van der Waals surface area contributed by atoms with Gasteiger partial charge in [0.15, 0.2) is 0 Å². The third-order valence-electron chi connectivity index (χ3n) is 4.23. The number of hydrogen-bond donors (Lipinski definition) is 1. The van der Waals surface area contributed by atoms with E-state index in [0.717, 1.165) is 5.56 Å². The Balaban J connectivity index is 1.68. The van der Waals surface area contributed by atoms with E-state index in [4.69, 9.17) is 14.2 Å². The van der Waals surface area contributed by atoms with Gasteiger partial charge < -0.3 is 19.5 Å². The molecule has 6 nitrogen and oxygen atoms in total. The van der Waals surface area contributed by atoms with Gasteiger partial charge in [-0.05, 0) is 42.8 Å². The van der Waals surface area contributed by atoms with Crippen LogP contribution in [-0.2, 0) is 0 Å². The maximum atomic E-state index is 12.6. The molecule has 0 radical (unpaired) electrons. The summed E-state index contributed by atoms with van der Waals surface area (Å²) in [5, 5.41) is 2.87. The normalized spacial score (nSPS) is 11.4. The smallest absolute Gasteiger partial charge is 0.259 e. The number of hydrogen-bond acceptors (Lipinski definition) is 5. The maximum absolute atomic E-state index is 12.6. The van der Waals surface area contributed by atoms with Crippen LogP contribution in [0.4, 0.5) is 5.69 Å². The first-order chi connectivity index (χ1) is 13.6. The zero-order valence-electron chi connectivity index (χ0n) is 16.0. The average Bonchev–Trinajstić information content (AvgIpc) is 2.74. The molecular weight excluding hydrogens is 356 g/mol. The summed E-state index contributed by atoms with van der Waals surface area (Å²) in [6.45, 7) is 1.95. The Morgan fingerprint density at radius 3 is 2.43 bits per heavy atom. The molecule has 0 fully saturated rings. The van der Waals surface area contributed by atoms with E-state index in [1.807, 2.05) is 49.4 Å². The van der Waals surface area contributed by atoms with Gasteiger partial charge in [-0.25, -0.2) is 4.98 Å². The van der Waals surface area contributed by atoms with Crippen molar-refractivity contribution in [3.63, 3.8) is 0 Å². The number of rotatable bonds is 7. The van der Waals surface area contributed by atoms with Crippen LogP contribution in [0.2, 0.25) is 0 Å². The summed E-state index contributed by atoms with van der Waals surface area (Å²) in [7, 11) is 3.08. The minimum absolute atomic E-state index is 0.165. The lowest BCUT2D eigenvalue weighted by Crippen LogP contribution is -2.13. The van der Waals surface area contributed by atoms with Crippen LogP contribution in [0.25, 0.3) is 0 Å². The Labute approximate surface area is 164 Å². The molecule has 0 spiro atoms. The number of nitrogens with zero attached hydrogens (tertiary/aromatic N) is 1. The fourth-order valence-electron chi connectivity index (χ4n) is 2.69. The van der Waals surface area contributed by atoms with Crippen molar-refractivity contribution in [3.05, 3.63) is 78.0 Å². The lowest BCUT2D eigenvalue weighted by molar-refractivity contribution is 0.102. The maximum Gasteiger partial charge on any atom is 0.259 e. The molecule has 1 aromatic heterocycles. The molecular formula is C22H22N2O4. The molecule has 3 rings (SSSR count). The summed E-state index contributed by atoms with van der Waals surface area (Å²) in [6.07, 6.45) is 1.52. The van der Waals surface area contributed by atoms with E-state index >= 15 is 0 Å². The first kappa shape index (κ1) is 19.2. The third-order valence-corrected chi connectivity index (χ3v) is 4.23. The lowest BCUT2D eigenvalue weighted by Gasteiger charge is -2.15. The van der Waals surface area contributed by atoms with Crippen molar-refractivity contribution in [2.24, 2.45) is 0 Å². The Morgan fingerprint density at radius 1 is 1.00 bits per heavy atom. The molecule has 3 aromatic rings. The van der Waals surface area contributed by atoms with Crippen LogP contribution in [0.5, 0.6) is 17.4 Å². The topological polar surface area (TPSA) is 69.7 Å². The SMILES string of the molecule is COc1ccc(C(=O)Nc2ccc(C(C)Oc3ccccn3)cc2)c(OC)c1. The van der Waals surface area contributed by atoms with E-state index in [-0.39, 0.29) is 12.0 Å². The van der Waals surface area contributed by atoms with Crippen molar-refractivity contribution in [1.29, 1.82) is 0 Å². The van der Waals surface area contributed by atoms with Gasteiger partial charge in [-0.3, -0.25) is 4.79 Å². The van der Waals surface area contributed by atoms with Crippen molar-refractivity contribution < 1.29 is 19.0 Å². The Kier molecular flexibility index (Phi) is 6.11. The molecule has 0 bridgehead atoms. The largest absolute Gasteiger partial charge is 0.497 e. The van der Waals surface area contributed by atoms with Crippen LogP contribution < -0.4 is 19.5 Å². The summed E-state index contributed by atoms with van der Waals surface area (Å²) in [5.41, 5.74) is 2.08. The van der Waals surface area contributed by atoms with Crippen molar-refractivity contribution >= 4 is 11.6 Å². The molecule has 6 heteroatoms. The zero-order valence-corrected chi connectivity index (χ0v) is 16.0. The van der Waals surface area contributed by atoms with Gasteiger partial charge in [0.25, 0.3) is 5.91 Å². The average molecular weight is 378 g/mol. The van der Waals surface area contributed by atoms with Gasteiger partial charge in [0, 0.05) is 24.0 Å². The monoisotopic (exact) mass is 378 g/mol. The zero-order chi connectivity index (χ0) is 19.9. The predicted octanol–water partition coefficient (Wildman–Crippen LogP) is 4.49. The first-order valence-electron chi connectivity index (χ1n) is 8.81. The van der Waals surface area contributed by atoms with Crippen molar-refractivity contribution in [3.8, 4) is 17.4 Å². The number of benzene rings is 2. The van der Waals surface area contributed by atoms with Crippen LogP contribution >= 0.6 is 0 Å². The molecule has 0 saturated heterocycles. The molecule has 28 heavy (non-hydrogen) atoms. The van der Waals surface area contributed by atoms with E-state index in [1.54, 1.807) is 31.5 Å². The molecule has 1 heterocycles. The van der Waals surface area contributed by atoms with E-state index in [1.165, 1.54) is 7.11 Å². The van der Waals surface area contributed by atoms with Crippen LogP contribution in [-0.4, -0.2) is 25.1 Å². The summed E-state index contributed by atoms with van der Waals surface area (Å²) >= 11 is 0.